The molecular weight excluding hydrogens is 222 g/mol. The minimum absolute atomic E-state index is 0.193. The molecule has 1 aliphatic carbocycles. The summed E-state index contributed by atoms with van der Waals surface area (Å²) in [6, 6.07) is 8.52. The zero-order valence-corrected chi connectivity index (χ0v) is 11.6. The molecule has 1 aliphatic rings. The van der Waals surface area contributed by atoms with Gasteiger partial charge in [0.2, 0.25) is 0 Å². The summed E-state index contributed by atoms with van der Waals surface area (Å²) in [4.78, 5) is 0. The van der Waals surface area contributed by atoms with Gasteiger partial charge in [-0.1, -0.05) is 31.4 Å². The van der Waals surface area contributed by atoms with Crippen LogP contribution in [0.3, 0.4) is 0 Å². The van der Waals surface area contributed by atoms with Crippen molar-refractivity contribution >= 4 is 0 Å². The molecule has 0 heterocycles. The largest absolute Gasteiger partial charge is 0.491 e. The minimum Gasteiger partial charge on any atom is -0.491 e. The van der Waals surface area contributed by atoms with Gasteiger partial charge in [-0.2, -0.15) is 0 Å². The first kappa shape index (κ1) is 13.4. The number of rotatable bonds is 4. The topological polar surface area (TPSA) is 35.2 Å². The Hall–Kier alpha value is -1.02. The quantitative estimate of drug-likeness (QED) is 0.871. The first-order valence-corrected chi connectivity index (χ1v) is 7.19. The molecule has 0 radical (unpaired) electrons. The normalized spacial score (nSPS) is 18.9. The highest BCUT2D eigenvalue weighted by molar-refractivity contribution is 5.29. The van der Waals surface area contributed by atoms with Crippen LogP contribution in [0.2, 0.25) is 0 Å². The third-order valence-corrected chi connectivity index (χ3v) is 3.79. The van der Waals surface area contributed by atoms with E-state index >= 15 is 0 Å². The standard InChI is InChI=1S/C16H25NO/c1-12(2)18-15-10-8-14(9-11-15)16(17)13-6-4-3-5-7-13/h8-13,16H,3-7,17H2,1-2H3/t16-/m1/s1. The second kappa shape index (κ2) is 6.24. The van der Waals surface area contributed by atoms with E-state index in [1.165, 1.54) is 37.7 Å². The Kier molecular flexibility index (Phi) is 4.65. The van der Waals surface area contributed by atoms with Crippen LogP contribution in [-0.4, -0.2) is 6.10 Å². The Balaban J connectivity index is 1.99. The van der Waals surface area contributed by atoms with Crippen LogP contribution in [0, 0.1) is 5.92 Å². The lowest BCUT2D eigenvalue weighted by Crippen LogP contribution is -2.23. The van der Waals surface area contributed by atoms with E-state index in [1.807, 2.05) is 26.0 Å². The summed E-state index contributed by atoms with van der Waals surface area (Å²) in [5.74, 6) is 1.60. The Bertz CT molecular complexity index is 352. The number of ether oxygens (including phenoxy) is 1. The molecule has 1 aromatic carbocycles. The van der Waals surface area contributed by atoms with E-state index in [1.54, 1.807) is 0 Å². The van der Waals surface area contributed by atoms with Gasteiger partial charge in [0.1, 0.15) is 5.75 Å². The molecule has 0 unspecified atom stereocenters. The van der Waals surface area contributed by atoms with Gasteiger partial charge >= 0.3 is 0 Å². The van der Waals surface area contributed by atoms with Crippen molar-refractivity contribution in [2.24, 2.45) is 11.7 Å². The Morgan fingerprint density at radius 1 is 1.06 bits per heavy atom. The Morgan fingerprint density at radius 3 is 2.22 bits per heavy atom. The molecule has 0 aliphatic heterocycles. The van der Waals surface area contributed by atoms with Gasteiger partial charge in [-0.15, -0.1) is 0 Å². The van der Waals surface area contributed by atoms with Gasteiger partial charge in [-0.25, -0.2) is 0 Å². The fraction of sp³-hybridized carbons (Fsp3) is 0.625. The summed E-state index contributed by atoms with van der Waals surface area (Å²) in [6.07, 6.45) is 6.85. The SMILES string of the molecule is CC(C)Oc1ccc([C@H](N)C2CCCCC2)cc1. The van der Waals surface area contributed by atoms with Crippen LogP contribution in [0.5, 0.6) is 5.75 Å². The van der Waals surface area contributed by atoms with Crippen LogP contribution in [0.4, 0.5) is 0 Å². The van der Waals surface area contributed by atoms with Crippen molar-refractivity contribution in [3.05, 3.63) is 29.8 Å². The molecule has 2 heteroatoms. The van der Waals surface area contributed by atoms with Crippen molar-refractivity contribution in [3.63, 3.8) is 0 Å². The van der Waals surface area contributed by atoms with E-state index in [9.17, 15) is 0 Å². The Labute approximate surface area is 111 Å². The van der Waals surface area contributed by atoms with E-state index < -0.39 is 0 Å². The number of hydrogen-bond donors (Lipinski definition) is 1. The van der Waals surface area contributed by atoms with Crippen LogP contribution in [-0.2, 0) is 0 Å². The molecular formula is C16H25NO. The zero-order chi connectivity index (χ0) is 13.0. The molecule has 0 spiro atoms. The van der Waals surface area contributed by atoms with Gasteiger partial charge in [0, 0.05) is 6.04 Å². The highest BCUT2D eigenvalue weighted by Gasteiger charge is 2.21. The molecule has 0 saturated heterocycles. The molecule has 1 fully saturated rings. The smallest absolute Gasteiger partial charge is 0.119 e. The van der Waals surface area contributed by atoms with Crippen molar-refractivity contribution in [3.8, 4) is 5.75 Å². The van der Waals surface area contributed by atoms with Crippen LogP contribution in [0.15, 0.2) is 24.3 Å². The van der Waals surface area contributed by atoms with Crippen LogP contribution in [0.1, 0.15) is 57.6 Å². The summed E-state index contributed by atoms with van der Waals surface area (Å²) >= 11 is 0. The van der Waals surface area contributed by atoms with Crippen LogP contribution >= 0.6 is 0 Å². The first-order valence-electron chi connectivity index (χ1n) is 7.19. The van der Waals surface area contributed by atoms with Crippen LogP contribution in [0.25, 0.3) is 0 Å². The summed E-state index contributed by atoms with van der Waals surface area (Å²) in [5, 5.41) is 0. The van der Waals surface area contributed by atoms with Gasteiger partial charge in [-0.05, 0) is 50.3 Å². The van der Waals surface area contributed by atoms with E-state index in [0.29, 0.717) is 5.92 Å². The Morgan fingerprint density at radius 2 is 1.67 bits per heavy atom. The van der Waals surface area contributed by atoms with Gasteiger partial charge < -0.3 is 10.5 Å². The van der Waals surface area contributed by atoms with Gasteiger partial charge in [0.25, 0.3) is 0 Å². The number of benzene rings is 1. The number of nitrogens with two attached hydrogens (primary N) is 1. The van der Waals surface area contributed by atoms with Crippen LogP contribution < -0.4 is 10.5 Å². The third-order valence-electron chi connectivity index (χ3n) is 3.79. The lowest BCUT2D eigenvalue weighted by Gasteiger charge is -2.27. The second-order valence-electron chi connectivity index (χ2n) is 5.66. The second-order valence-corrected chi connectivity index (χ2v) is 5.66. The van der Waals surface area contributed by atoms with E-state index in [-0.39, 0.29) is 12.1 Å². The molecule has 1 atom stereocenters. The lowest BCUT2D eigenvalue weighted by atomic mass is 9.81. The maximum absolute atomic E-state index is 6.38. The molecule has 0 aromatic heterocycles. The number of hydrogen-bond acceptors (Lipinski definition) is 2. The van der Waals surface area contributed by atoms with E-state index in [0.717, 1.165) is 5.75 Å². The van der Waals surface area contributed by atoms with E-state index in [4.69, 9.17) is 10.5 Å². The average Bonchev–Trinajstić information content (AvgIpc) is 2.39. The molecule has 0 bridgehead atoms. The van der Waals surface area contributed by atoms with Crippen molar-refractivity contribution < 1.29 is 4.74 Å². The average molecular weight is 247 g/mol. The molecule has 2 rings (SSSR count). The lowest BCUT2D eigenvalue weighted by molar-refractivity contribution is 0.242. The summed E-state index contributed by atoms with van der Waals surface area (Å²) in [6.45, 7) is 4.09. The maximum Gasteiger partial charge on any atom is 0.119 e. The molecule has 2 nitrogen and oxygen atoms in total. The van der Waals surface area contributed by atoms with Gasteiger partial charge in [0.05, 0.1) is 6.10 Å². The van der Waals surface area contributed by atoms with Crippen molar-refractivity contribution in [2.75, 3.05) is 0 Å². The molecule has 18 heavy (non-hydrogen) atoms. The molecule has 2 N–H and O–H groups in total. The van der Waals surface area contributed by atoms with Gasteiger partial charge in [0.15, 0.2) is 0 Å². The highest BCUT2D eigenvalue weighted by Crippen LogP contribution is 2.33. The summed E-state index contributed by atoms with van der Waals surface area (Å²) in [5.41, 5.74) is 7.63. The fourth-order valence-electron chi connectivity index (χ4n) is 2.81. The zero-order valence-electron chi connectivity index (χ0n) is 11.6. The maximum atomic E-state index is 6.38. The third kappa shape index (κ3) is 3.49. The van der Waals surface area contributed by atoms with E-state index in [2.05, 4.69) is 12.1 Å². The van der Waals surface area contributed by atoms with Crippen molar-refractivity contribution in [2.45, 2.75) is 58.1 Å². The predicted molar refractivity (Wildman–Crippen MR) is 75.7 cm³/mol. The monoisotopic (exact) mass is 247 g/mol. The molecule has 100 valence electrons. The molecule has 0 amide bonds. The molecule has 1 aromatic rings. The van der Waals surface area contributed by atoms with Gasteiger partial charge in [-0.3, -0.25) is 0 Å². The highest BCUT2D eigenvalue weighted by atomic mass is 16.5. The summed E-state index contributed by atoms with van der Waals surface area (Å²) < 4.78 is 5.65. The minimum atomic E-state index is 0.193. The van der Waals surface area contributed by atoms with Crippen molar-refractivity contribution in [1.29, 1.82) is 0 Å². The molecule has 1 saturated carbocycles. The summed E-state index contributed by atoms with van der Waals surface area (Å²) in [7, 11) is 0. The predicted octanol–water partition coefficient (Wildman–Crippen LogP) is 4.05. The van der Waals surface area contributed by atoms with Crippen molar-refractivity contribution in [1.82, 2.24) is 0 Å². The fourth-order valence-corrected chi connectivity index (χ4v) is 2.81. The first-order chi connectivity index (χ1) is 8.66.